The minimum absolute atomic E-state index is 0.337. The minimum Gasteiger partial charge on any atom is -0.388 e. The molecule has 2 saturated carbocycles. The predicted molar refractivity (Wildman–Crippen MR) is 126 cm³/mol. The number of benzene rings is 1. The summed E-state index contributed by atoms with van der Waals surface area (Å²) in [7, 11) is 1.73. The van der Waals surface area contributed by atoms with Crippen molar-refractivity contribution in [2.75, 3.05) is 30.9 Å². The number of aliphatic hydroxyl groups is 1. The first-order valence-corrected chi connectivity index (χ1v) is 11.7. The van der Waals surface area contributed by atoms with Gasteiger partial charge in [-0.05, 0) is 69.2 Å². The van der Waals surface area contributed by atoms with Crippen molar-refractivity contribution in [3.8, 4) is 11.1 Å². The summed E-state index contributed by atoms with van der Waals surface area (Å²) in [5.74, 6) is 0.366. The summed E-state index contributed by atoms with van der Waals surface area (Å²) in [5, 5.41) is 20.4. The number of rotatable bonds is 10. The average molecular weight is 443 g/mol. The Morgan fingerprint density at radius 3 is 2.66 bits per heavy atom. The number of nitrogens with one attached hydrogen (secondary N) is 3. The molecule has 174 valence electrons. The van der Waals surface area contributed by atoms with Crippen LogP contribution < -0.4 is 16.0 Å². The van der Waals surface area contributed by atoms with Gasteiger partial charge in [-0.3, -0.25) is 0 Å². The van der Waals surface area contributed by atoms with Gasteiger partial charge in [0.1, 0.15) is 11.6 Å². The van der Waals surface area contributed by atoms with Crippen LogP contribution in [0.3, 0.4) is 0 Å². The zero-order valence-corrected chi connectivity index (χ0v) is 19.0. The molecule has 1 aromatic carbocycles. The van der Waals surface area contributed by atoms with Gasteiger partial charge in [0.05, 0.1) is 18.4 Å². The third kappa shape index (κ3) is 6.18. The molecule has 0 amide bonds. The molecule has 0 radical (unpaired) electrons. The van der Waals surface area contributed by atoms with Crippen LogP contribution >= 0.6 is 0 Å². The molecule has 4 N–H and O–H groups in total. The first kappa shape index (κ1) is 23.0. The molecule has 0 unspecified atom stereocenters. The van der Waals surface area contributed by atoms with Gasteiger partial charge in [-0.15, -0.1) is 0 Å². The zero-order valence-electron chi connectivity index (χ0n) is 19.0. The van der Waals surface area contributed by atoms with Gasteiger partial charge in [-0.25, -0.2) is 9.37 Å². The second kappa shape index (κ2) is 10.1. The summed E-state index contributed by atoms with van der Waals surface area (Å²) in [5.41, 5.74) is 1.62. The van der Waals surface area contributed by atoms with Gasteiger partial charge in [0.2, 0.25) is 0 Å². The van der Waals surface area contributed by atoms with Crippen LogP contribution in [0.15, 0.2) is 36.5 Å². The van der Waals surface area contributed by atoms with Crippen molar-refractivity contribution in [2.45, 2.75) is 69.2 Å². The smallest absolute Gasteiger partial charge is 0.149 e. The maximum Gasteiger partial charge on any atom is 0.149 e. The van der Waals surface area contributed by atoms with E-state index in [-0.39, 0.29) is 5.82 Å². The second-order valence-corrected chi connectivity index (χ2v) is 9.42. The zero-order chi connectivity index (χ0) is 22.6. The van der Waals surface area contributed by atoms with Crippen LogP contribution in [0.5, 0.6) is 0 Å². The van der Waals surface area contributed by atoms with Gasteiger partial charge in [0.15, 0.2) is 0 Å². The van der Waals surface area contributed by atoms with Crippen molar-refractivity contribution in [2.24, 2.45) is 0 Å². The van der Waals surface area contributed by atoms with Crippen LogP contribution in [-0.4, -0.2) is 54.1 Å². The van der Waals surface area contributed by atoms with E-state index in [9.17, 15) is 9.50 Å². The summed E-state index contributed by atoms with van der Waals surface area (Å²) >= 11 is 0. The third-order valence-electron chi connectivity index (χ3n) is 6.49. The highest BCUT2D eigenvalue weighted by Crippen LogP contribution is 2.35. The second-order valence-electron chi connectivity index (χ2n) is 9.42. The lowest BCUT2D eigenvalue weighted by atomic mass is 9.90. The van der Waals surface area contributed by atoms with Crippen molar-refractivity contribution in [3.05, 3.63) is 42.3 Å². The van der Waals surface area contributed by atoms with E-state index in [0.29, 0.717) is 36.1 Å². The largest absolute Gasteiger partial charge is 0.388 e. The normalized spacial score (nSPS) is 22.9. The summed E-state index contributed by atoms with van der Waals surface area (Å²) in [6, 6.07) is 10.7. The lowest BCUT2D eigenvalue weighted by molar-refractivity contribution is 0.161. The van der Waals surface area contributed by atoms with Crippen LogP contribution in [-0.2, 0) is 4.74 Å². The number of anilines is 2. The van der Waals surface area contributed by atoms with Crippen LogP contribution in [0, 0.1) is 5.82 Å². The molecule has 2 aliphatic carbocycles. The van der Waals surface area contributed by atoms with E-state index in [4.69, 9.17) is 4.74 Å². The maximum atomic E-state index is 14.6. The first-order chi connectivity index (χ1) is 15.4. The fraction of sp³-hybridized carbons (Fsp3) is 0.560. The highest BCUT2D eigenvalue weighted by Gasteiger charge is 2.39. The Bertz CT molecular complexity index is 897. The van der Waals surface area contributed by atoms with Gasteiger partial charge in [-0.1, -0.05) is 12.1 Å². The number of halogens is 1. The fourth-order valence-corrected chi connectivity index (χ4v) is 4.44. The molecular formula is C25H35FN4O2. The highest BCUT2D eigenvalue weighted by atomic mass is 19.1. The van der Waals surface area contributed by atoms with E-state index in [2.05, 4.69) is 27.9 Å². The molecule has 0 spiro atoms. The van der Waals surface area contributed by atoms with Gasteiger partial charge >= 0.3 is 0 Å². The van der Waals surface area contributed by atoms with E-state index < -0.39 is 5.60 Å². The Morgan fingerprint density at radius 1 is 1.19 bits per heavy atom. The Morgan fingerprint density at radius 2 is 1.94 bits per heavy atom. The van der Waals surface area contributed by atoms with Crippen molar-refractivity contribution >= 4 is 11.5 Å². The number of nitrogens with zero attached hydrogens (tertiary/aromatic N) is 1. The average Bonchev–Trinajstić information content (AvgIpc) is 3.53. The van der Waals surface area contributed by atoms with E-state index in [1.165, 1.54) is 6.20 Å². The molecular weight excluding hydrogens is 407 g/mol. The SMILES string of the molecule is COC[C@@H](C)N[C@H]1CC[C@H](Nc2cc(-c3cccc(NCC4(O)CC4)c3)c(F)cn2)CC1. The van der Waals surface area contributed by atoms with E-state index in [0.717, 1.165) is 56.4 Å². The van der Waals surface area contributed by atoms with Crippen LogP contribution in [0.4, 0.5) is 15.9 Å². The molecule has 2 aliphatic rings. The monoisotopic (exact) mass is 442 g/mol. The predicted octanol–water partition coefficient (Wildman–Crippen LogP) is 4.17. The van der Waals surface area contributed by atoms with Crippen LogP contribution in [0.2, 0.25) is 0 Å². The summed E-state index contributed by atoms with van der Waals surface area (Å²) in [6.07, 6.45) is 7.25. The third-order valence-corrected chi connectivity index (χ3v) is 6.49. The quantitative estimate of drug-likeness (QED) is 0.442. The fourth-order valence-electron chi connectivity index (χ4n) is 4.44. The summed E-state index contributed by atoms with van der Waals surface area (Å²) in [4.78, 5) is 4.28. The molecule has 7 heteroatoms. The lowest BCUT2D eigenvalue weighted by Crippen LogP contribution is -2.42. The van der Waals surface area contributed by atoms with Crippen molar-refractivity contribution in [1.82, 2.24) is 10.3 Å². The molecule has 2 aromatic rings. The Labute approximate surface area is 190 Å². The van der Waals surface area contributed by atoms with Gasteiger partial charge < -0.3 is 25.8 Å². The van der Waals surface area contributed by atoms with Gasteiger partial charge in [0, 0.05) is 43.0 Å². The standard InChI is InChI=1S/C25H35FN4O2/c1-17(15-32-2)29-19-6-8-20(9-7-19)30-24-13-22(23(26)14-27-24)18-4-3-5-21(12-18)28-16-25(31)10-11-25/h3-5,12-14,17,19-20,28-29,31H,6-11,15-16H2,1-2H3,(H,27,30)/t17-,19-,20-/m1/s1. The topological polar surface area (TPSA) is 78.4 Å². The molecule has 2 fully saturated rings. The number of hydrogen-bond donors (Lipinski definition) is 4. The number of hydrogen-bond acceptors (Lipinski definition) is 6. The summed E-state index contributed by atoms with van der Waals surface area (Å²) < 4.78 is 19.8. The summed E-state index contributed by atoms with van der Waals surface area (Å²) in [6.45, 7) is 3.39. The number of pyridine rings is 1. The Kier molecular flexibility index (Phi) is 7.28. The maximum absolute atomic E-state index is 14.6. The van der Waals surface area contributed by atoms with Gasteiger partial charge in [0.25, 0.3) is 0 Å². The highest BCUT2D eigenvalue weighted by molar-refractivity contribution is 5.70. The van der Waals surface area contributed by atoms with Crippen LogP contribution in [0.1, 0.15) is 45.4 Å². The van der Waals surface area contributed by atoms with Crippen molar-refractivity contribution < 1.29 is 14.2 Å². The molecule has 4 rings (SSSR count). The number of methoxy groups -OCH3 is 1. The first-order valence-electron chi connectivity index (χ1n) is 11.7. The van der Waals surface area contributed by atoms with Gasteiger partial charge in [-0.2, -0.15) is 0 Å². The van der Waals surface area contributed by atoms with E-state index in [1.54, 1.807) is 13.2 Å². The lowest BCUT2D eigenvalue weighted by Gasteiger charge is -2.31. The molecule has 0 bridgehead atoms. The molecule has 1 aromatic heterocycles. The Hall–Kier alpha value is -2.22. The molecule has 1 atom stereocenters. The van der Waals surface area contributed by atoms with E-state index >= 15 is 0 Å². The van der Waals surface area contributed by atoms with Crippen molar-refractivity contribution in [1.29, 1.82) is 0 Å². The van der Waals surface area contributed by atoms with Crippen molar-refractivity contribution in [3.63, 3.8) is 0 Å². The molecule has 6 nitrogen and oxygen atoms in total. The van der Waals surface area contributed by atoms with E-state index in [1.807, 2.05) is 24.3 Å². The molecule has 0 aliphatic heterocycles. The molecule has 1 heterocycles. The Balaban J connectivity index is 1.36. The molecule has 32 heavy (non-hydrogen) atoms. The molecule has 0 saturated heterocycles. The van der Waals surface area contributed by atoms with Crippen LogP contribution in [0.25, 0.3) is 11.1 Å². The number of ether oxygens (including phenoxy) is 1. The minimum atomic E-state index is -0.578. The number of aromatic nitrogens is 1.